The minimum atomic E-state index is -0.577. The number of methoxy groups -OCH3 is 1. The van der Waals surface area contributed by atoms with Crippen LogP contribution in [0.4, 0.5) is 5.69 Å². The first-order valence-electron chi connectivity index (χ1n) is 6.99. The second-order valence-electron chi connectivity index (χ2n) is 4.69. The summed E-state index contributed by atoms with van der Waals surface area (Å²) >= 11 is 5.83. The Morgan fingerprint density at radius 3 is 2.55 bits per heavy atom. The third-order valence-electron chi connectivity index (χ3n) is 3.09. The Morgan fingerprint density at radius 1 is 1.18 bits per heavy atom. The average Bonchev–Trinajstić information content (AvgIpc) is 2.54. The summed E-state index contributed by atoms with van der Waals surface area (Å²) in [5.41, 5.74) is 0.669. The number of nitrogens with one attached hydrogen (secondary N) is 1. The number of carbonyl (C=O) groups excluding carboxylic acids is 1. The molecule has 1 atom stereocenters. The summed E-state index contributed by atoms with van der Waals surface area (Å²) in [6.45, 7) is 1.89. The molecule has 2 rings (SSSR count). The monoisotopic (exact) mass is 319 g/mol. The molecule has 0 saturated heterocycles. The van der Waals surface area contributed by atoms with Gasteiger partial charge in [-0.25, -0.2) is 0 Å². The predicted octanol–water partition coefficient (Wildman–Crippen LogP) is 4.14. The van der Waals surface area contributed by atoms with Gasteiger partial charge in [0.05, 0.1) is 7.11 Å². The molecule has 2 aromatic rings. The van der Waals surface area contributed by atoms with Crippen LogP contribution >= 0.6 is 11.6 Å². The SMILES string of the molecule is CCC(Oc1ccc(Cl)cc1)C(=O)Nc1cccc(OC)c1. The number of hydrogen-bond acceptors (Lipinski definition) is 3. The summed E-state index contributed by atoms with van der Waals surface area (Å²) in [4.78, 5) is 12.3. The van der Waals surface area contributed by atoms with E-state index >= 15 is 0 Å². The van der Waals surface area contributed by atoms with Gasteiger partial charge in [-0.15, -0.1) is 0 Å². The summed E-state index contributed by atoms with van der Waals surface area (Å²) in [5.74, 6) is 1.09. The molecule has 0 fully saturated rings. The smallest absolute Gasteiger partial charge is 0.265 e. The van der Waals surface area contributed by atoms with Crippen LogP contribution in [0.3, 0.4) is 0 Å². The molecule has 0 aliphatic rings. The fourth-order valence-corrected chi connectivity index (χ4v) is 2.05. The fourth-order valence-electron chi connectivity index (χ4n) is 1.92. The van der Waals surface area contributed by atoms with Crippen molar-refractivity contribution in [3.63, 3.8) is 0 Å². The molecule has 0 saturated carbocycles. The van der Waals surface area contributed by atoms with Gasteiger partial charge in [-0.05, 0) is 42.8 Å². The Bertz CT molecular complexity index is 628. The zero-order valence-electron chi connectivity index (χ0n) is 12.5. The quantitative estimate of drug-likeness (QED) is 0.870. The van der Waals surface area contributed by atoms with Crippen LogP contribution < -0.4 is 14.8 Å². The Hall–Kier alpha value is -2.20. The van der Waals surface area contributed by atoms with Crippen LogP contribution in [0.5, 0.6) is 11.5 Å². The van der Waals surface area contributed by atoms with E-state index in [0.29, 0.717) is 28.6 Å². The highest BCUT2D eigenvalue weighted by molar-refractivity contribution is 6.30. The van der Waals surface area contributed by atoms with Gasteiger partial charge >= 0.3 is 0 Å². The van der Waals surface area contributed by atoms with Crippen LogP contribution in [0.1, 0.15) is 13.3 Å². The van der Waals surface area contributed by atoms with Gasteiger partial charge in [0.15, 0.2) is 6.10 Å². The van der Waals surface area contributed by atoms with Gasteiger partial charge < -0.3 is 14.8 Å². The minimum Gasteiger partial charge on any atom is -0.497 e. The average molecular weight is 320 g/mol. The second-order valence-corrected chi connectivity index (χ2v) is 5.13. The van der Waals surface area contributed by atoms with E-state index in [1.807, 2.05) is 19.1 Å². The molecule has 22 heavy (non-hydrogen) atoms. The molecule has 0 aromatic heterocycles. The largest absolute Gasteiger partial charge is 0.497 e. The van der Waals surface area contributed by atoms with E-state index in [0.717, 1.165) is 0 Å². The number of benzene rings is 2. The number of ether oxygens (including phenoxy) is 2. The van der Waals surface area contributed by atoms with E-state index in [9.17, 15) is 4.79 Å². The van der Waals surface area contributed by atoms with Gasteiger partial charge in [0.25, 0.3) is 5.91 Å². The van der Waals surface area contributed by atoms with E-state index in [-0.39, 0.29) is 5.91 Å². The molecular formula is C17H18ClNO3. The number of anilines is 1. The summed E-state index contributed by atoms with van der Waals surface area (Å²) in [5, 5.41) is 3.46. The van der Waals surface area contributed by atoms with Crippen molar-refractivity contribution in [2.24, 2.45) is 0 Å². The Balaban J connectivity index is 2.03. The normalized spacial score (nSPS) is 11.6. The van der Waals surface area contributed by atoms with Crippen molar-refractivity contribution in [2.75, 3.05) is 12.4 Å². The Morgan fingerprint density at radius 2 is 1.91 bits per heavy atom. The molecular weight excluding hydrogens is 302 g/mol. The van der Waals surface area contributed by atoms with Crippen LogP contribution in [-0.2, 0) is 4.79 Å². The fraction of sp³-hybridized carbons (Fsp3) is 0.235. The maximum Gasteiger partial charge on any atom is 0.265 e. The zero-order valence-corrected chi connectivity index (χ0v) is 13.3. The molecule has 0 heterocycles. The first-order valence-corrected chi connectivity index (χ1v) is 7.37. The van der Waals surface area contributed by atoms with Crippen molar-refractivity contribution in [1.29, 1.82) is 0 Å². The molecule has 2 aromatic carbocycles. The van der Waals surface area contributed by atoms with E-state index in [1.165, 1.54) is 0 Å². The second kappa shape index (κ2) is 7.71. The lowest BCUT2D eigenvalue weighted by Gasteiger charge is -2.17. The highest BCUT2D eigenvalue weighted by Gasteiger charge is 2.18. The van der Waals surface area contributed by atoms with Crippen molar-refractivity contribution in [3.8, 4) is 11.5 Å². The molecule has 4 nitrogen and oxygen atoms in total. The summed E-state index contributed by atoms with van der Waals surface area (Å²) in [7, 11) is 1.58. The number of rotatable bonds is 6. The van der Waals surface area contributed by atoms with Crippen molar-refractivity contribution in [2.45, 2.75) is 19.4 Å². The Labute approximate surface area is 135 Å². The molecule has 0 bridgehead atoms. The lowest BCUT2D eigenvalue weighted by molar-refractivity contribution is -0.122. The lowest BCUT2D eigenvalue weighted by atomic mass is 10.2. The van der Waals surface area contributed by atoms with E-state index in [1.54, 1.807) is 43.5 Å². The van der Waals surface area contributed by atoms with Crippen molar-refractivity contribution in [1.82, 2.24) is 0 Å². The van der Waals surface area contributed by atoms with Crippen molar-refractivity contribution >= 4 is 23.2 Å². The summed E-state index contributed by atoms with van der Waals surface area (Å²) in [6.07, 6.45) is -0.0225. The lowest BCUT2D eigenvalue weighted by Crippen LogP contribution is -2.32. The van der Waals surface area contributed by atoms with E-state index in [4.69, 9.17) is 21.1 Å². The van der Waals surface area contributed by atoms with Crippen molar-refractivity contribution in [3.05, 3.63) is 53.6 Å². The maximum atomic E-state index is 12.3. The zero-order chi connectivity index (χ0) is 15.9. The van der Waals surface area contributed by atoms with Gasteiger partial charge in [0.1, 0.15) is 11.5 Å². The van der Waals surface area contributed by atoms with E-state index < -0.39 is 6.10 Å². The van der Waals surface area contributed by atoms with Crippen LogP contribution in [0.15, 0.2) is 48.5 Å². The Kier molecular flexibility index (Phi) is 5.67. The van der Waals surface area contributed by atoms with Crippen LogP contribution in [0, 0.1) is 0 Å². The van der Waals surface area contributed by atoms with Crippen LogP contribution in [0.2, 0.25) is 5.02 Å². The molecule has 1 unspecified atom stereocenters. The van der Waals surface area contributed by atoms with Gasteiger partial charge in [-0.3, -0.25) is 4.79 Å². The highest BCUT2D eigenvalue weighted by Crippen LogP contribution is 2.20. The van der Waals surface area contributed by atoms with Gasteiger partial charge in [-0.1, -0.05) is 24.6 Å². The molecule has 1 N–H and O–H groups in total. The molecule has 0 spiro atoms. The standard InChI is InChI=1S/C17H18ClNO3/c1-3-16(22-14-9-7-12(18)8-10-14)17(20)19-13-5-4-6-15(11-13)21-2/h4-11,16H,3H2,1-2H3,(H,19,20). The first kappa shape index (κ1) is 16.2. The van der Waals surface area contributed by atoms with Gasteiger partial charge in [0.2, 0.25) is 0 Å². The third kappa shape index (κ3) is 4.40. The summed E-state index contributed by atoms with van der Waals surface area (Å²) < 4.78 is 10.8. The number of halogens is 1. The molecule has 5 heteroatoms. The first-order chi connectivity index (χ1) is 10.6. The minimum absolute atomic E-state index is 0.203. The number of hydrogen-bond donors (Lipinski definition) is 1. The topological polar surface area (TPSA) is 47.6 Å². The third-order valence-corrected chi connectivity index (χ3v) is 3.34. The van der Waals surface area contributed by atoms with Crippen LogP contribution in [-0.4, -0.2) is 19.1 Å². The molecule has 1 amide bonds. The molecule has 116 valence electrons. The number of amides is 1. The van der Waals surface area contributed by atoms with Crippen LogP contribution in [0.25, 0.3) is 0 Å². The van der Waals surface area contributed by atoms with Gasteiger partial charge in [-0.2, -0.15) is 0 Å². The summed E-state index contributed by atoms with van der Waals surface area (Å²) in [6, 6.07) is 14.1. The van der Waals surface area contributed by atoms with Crippen molar-refractivity contribution < 1.29 is 14.3 Å². The maximum absolute atomic E-state index is 12.3. The van der Waals surface area contributed by atoms with Gasteiger partial charge in [0, 0.05) is 16.8 Å². The molecule has 0 aliphatic carbocycles. The number of carbonyl (C=O) groups is 1. The predicted molar refractivity (Wildman–Crippen MR) is 87.8 cm³/mol. The molecule has 0 radical (unpaired) electrons. The molecule has 0 aliphatic heterocycles. The highest BCUT2D eigenvalue weighted by atomic mass is 35.5. The van der Waals surface area contributed by atoms with E-state index in [2.05, 4.69) is 5.32 Å².